The third kappa shape index (κ3) is 3.38. The average molecular weight is 382 g/mol. The predicted octanol–water partition coefficient (Wildman–Crippen LogP) is 3.44. The molecule has 4 aliphatic rings. The molecule has 148 valence electrons. The number of esters is 2. The summed E-state index contributed by atoms with van der Waals surface area (Å²) in [6.45, 7) is 3.52. The molecule has 2 bridgehead atoms. The van der Waals surface area contributed by atoms with Gasteiger partial charge in [-0.3, -0.25) is 14.4 Å². The first-order valence-corrected chi connectivity index (χ1v) is 10.1. The van der Waals surface area contributed by atoms with E-state index in [1.165, 1.54) is 0 Å². The van der Waals surface area contributed by atoms with Crippen molar-refractivity contribution in [2.75, 3.05) is 6.61 Å². The van der Waals surface area contributed by atoms with E-state index in [1.54, 1.807) is 24.3 Å². The third-order valence-corrected chi connectivity index (χ3v) is 6.53. The molecular weight excluding hydrogens is 356 g/mol. The first kappa shape index (κ1) is 18.9. The minimum absolute atomic E-state index is 0.00353. The van der Waals surface area contributed by atoms with E-state index in [9.17, 15) is 14.4 Å². The second-order valence-electron chi connectivity index (χ2n) is 8.21. The summed E-state index contributed by atoms with van der Waals surface area (Å²) in [5.41, 5.74) is 0.510. The summed E-state index contributed by atoms with van der Waals surface area (Å²) >= 11 is 0. The first-order chi connectivity index (χ1) is 13.5. The van der Waals surface area contributed by atoms with Gasteiger partial charge in [0, 0.05) is 5.56 Å². The minimum Gasteiger partial charge on any atom is -0.462 e. The zero-order valence-electron chi connectivity index (χ0n) is 16.2. The van der Waals surface area contributed by atoms with Crippen LogP contribution in [0, 0.1) is 35.5 Å². The van der Waals surface area contributed by atoms with Gasteiger partial charge in [-0.1, -0.05) is 49.4 Å². The maximum Gasteiger partial charge on any atom is 0.310 e. The molecule has 0 N–H and O–H groups in total. The fraction of sp³-hybridized carbons (Fsp3) is 0.522. The van der Waals surface area contributed by atoms with Crippen LogP contribution in [-0.2, 0) is 19.1 Å². The van der Waals surface area contributed by atoms with E-state index >= 15 is 0 Å². The van der Waals surface area contributed by atoms with Gasteiger partial charge in [0.25, 0.3) is 0 Å². The van der Waals surface area contributed by atoms with Crippen molar-refractivity contribution in [2.45, 2.75) is 32.8 Å². The van der Waals surface area contributed by atoms with Crippen molar-refractivity contribution in [3.8, 4) is 0 Å². The monoisotopic (exact) mass is 382 g/mol. The Morgan fingerprint density at radius 2 is 1.61 bits per heavy atom. The molecular formula is C23H26O5. The molecule has 0 aliphatic heterocycles. The Morgan fingerprint density at radius 1 is 1.00 bits per heavy atom. The van der Waals surface area contributed by atoms with Crippen LogP contribution in [0.4, 0.5) is 0 Å². The van der Waals surface area contributed by atoms with Crippen LogP contribution in [0.2, 0.25) is 0 Å². The van der Waals surface area contributed by atoms with Gasteiger partial charge in [-0.05, 0) is 43.4 Å². The van der Waals surface area contributed by atoms with Crippen LogP contribution in [0.1, 0.15) is 37.0 Å². The van der Waals surface area contributed by atoms with E-state index < -0.39 is 17.8 Å². The highest BCUT2D eigenvalue weighted by Crippen LogP contribution is 2.63. The van der Waals surface area contributed by atoms with Gasteiger partial charge in [-0.2, -0.15) is 0 Å². The number of benzene rings is 1. The summed E-state index contributed by atoms with van der Waals surface area (Å²) in [6.07, 6.45) is 5.75. The van der Waals surface area contributed by atoms with E-state index in [4.69, 9.17) is 9.47 Å². The highest BCUT2D eigenvalue weighted by atomic mass is 16.5. The van der Waals surface area contributed by atoms with Gasteiger partial charge in [0.1, 0.15) is 0 Å². The van der Waals surface area contributed by atoms with Crippen molar-refractivity contribution in [2.24, 2.45) is 35.5 Å². The van der Waals surface area contributed by atoms with E-state index in [2.05, 4.69) is 12.2 Å². The van der Waals surface area contributed by atoms with Gasteiger partial charge >= 0.3 is 11.9 Å². The van der Waals surface area contributed by atoms with Crippen molar-refractivity contribution in [3.05, 3.63) is 48.0 Å². The van der Waals surface area contributed by atoms with Crippen molar-refractivity contribution in [1.82, 2.24) is 0 Å². The molecule has 2 saturated carbocycles. The van der Waals surface area contributed by atoms with E-state index in [0.717, 1.165) is 12.8 Å². The van der Waals surface area contributed by atoms with Gasteiger partial charge in [-0.15, -0.1) is 0 Å². The number of allylic oxidation sites excluding steroid dienone is 2. The Kier molecular flexibility index (Phi) is 5.09. The summed E-state index contributed by atoms with van der Waals surface area (Å²) in [6, 6.07) is 8.76. The molecule has 5 nitrogen and oxygen atoms in total. The summed E-state index contributed by atoms with van der Waals surface area (Å²) < 4.78 is 11.0. The number of fused-ring (bicyclic) bond motifs is 1. The minimum atomic E-state index is -0.557. The third-order valence-electron chi connectivity index (χ3n) is 6.53. The van der Waals surface area contributed by atoms with Crippen LogP contribution in [0.25, 0.3) is 0 Å². The molecule has 0 heterocycles. The normalized spacial score (nSPS) is 32.9. The predicted molar refractivity (Wildman–Crippen MR) is 102 cm³/mol. The molecule has 0 unspecified atom stereocenters. The maximum atomic E-state index is 12.9. The Morgan fingerprint density at radius 3 is 2.21 bits per heavy atom. The molecule has 0 spiro atoms. The fourth-order valence-corrected chi connectivity index (χ4v) is 4.82. The fourth-order valence-electron chi connectivity index (χ4n) is 4.82. The molecule has 28 heavy (non-hydrogen) atoms. The summed E-state index contributed by atoms with van der Waals surface area (Å²) in [4.78, 5) is 38.1. The second-order valence-corrected chi connectivity index (χ2v) is 8.21. The molecule has 2 fully saturated rings. The number of Topliss-reactive ketones (excluding diaryl/α,β-unsaturated/α-hetero) is 1. The first-order valence-electron chi connectivity index (χ1n) is 10.1. The summed E-state index contributed by atoms with van der Waals surface area (Å²) in [5.74, 6) is -1.11. The van der Waals surface area contributed by atoms with E-state index in [0.29, 0.717) is 17.4 Å². The highest BCUT2D eigenvalue weighted by Gasteiger charge is 2.63. The van der Waals surface area contributed by atoms with E-state index in [1.807, 2.05) is 19.9 Å². The van der Waals surface area contributed by atoms with Crippen LogP contribution in [0.15, 0.2) is 42.5 Å². The lowest BCUT2D eigenvalue weighted by Crippen LogP contribution is -2.48. The van der Waals surface area contributed by atoms with Crippen molar-refractivity contribution in [3.63, 3.8) is 0 Å². The average Bonchev–Trinajstić information content (AvgIpc) is 3.54. The SMILES string of the molecule is CC[C@H](C)OC(=O)[C@H]1[C@@H]2C=C[C@@H]([C@@H]3C[C@H]23)[C@@H]1C(=O)OCC(=O)c1ccccc1. The topological polar surface area (TPSA) is 69.7 Å². The van der Waals surface area contributed by atoms with Gasteiger partial charge in [0.15, 0.2) is 12.4 Å². The van der Waals surface area contributed by atoms with Crippen molar-refractivity contribution >= 4 is 17.7 Å². The van der Waals surface area contributed by atoms with Crippen LogP contribution in [0.5, 0.6) is 0 Å². The van der Waals surface area contributed by atoms with Crippen LogP contribution >= 0.6 is 0 Å². The standard InChI is InChI=1S/C23H26O5/c1-3-13(2)28-23(26)21-16-10-9-15(17-11-18(16)17)20(21)22(25)27-12-19(24)14-7-5-4-6-8-14/h4-10,13,15-18,20-21H,3,11-12H2,1-2H3/t13-,15-,16+,17-,18+,20-,21-/m0/s1. The van der Waals surface area contributed by atoms with Crippen LogP contribution in [-0.4, -0.2) is 30.4 Å². The second kappa shape index (κ2) is 7.53. The Hall–Kier alpha value is -2.43. The molecule has 5 rings (SSSR count). The van der Waals surface area contributed by atoms with Gasteiger partial charge < -0.3 is 9.47 Å². The van der Waals surface area contributed by atoms with Gasteiger partial charge in [0.05, 0.1) is 17.9 Å². The zero-order chi connectivity index (χ0) is 19.8. The number of hydrogen-bond donors (Lipinski definition) is 0. The number of hydrogen-bond acceptors (Lipinski definition) is 5. The molecule has 0 radical (unpaired) electrons. The smallest absolute Gasteiger partial charge is 0.310 e. The number of ketones is 1. The molecule has 0 aromatic heterocycles. The summed E-state index contributed by atoms with van der Waals surface area (Å²) in [7, 11) is 0. The molecule has 0 saturated heterocycles. The lowest BCUT2D eigenvalue weighted by Gasteiger charge is -2.42. The highest BCUT2D eigenvalue weighted by molar-refractivity contribution is 5.98. The van der Waals surface area contributed by atoms with Crippen LogP contribution in [0.3, 0.4) is 0 Å². The molecule has 4 aliphatic carbocycles. The lowest BCUT2D eigenvalue weighted by molar-refractivity contribution is -0.170. The van der Waals surface area contributed by atoms with Crippen molar-refractivity contribution < 1.29 is 23.9 Å². The number of carbonyl (C=O) groups excluding carboxylic acids is 3. The van der Waals surface area contributed by atoms with Crippen LogP contribution < -0.4 is 0 Å². The number of rotatable bonds is 7. The largest absolute Gasteiger partial charge is 0.462 e. The molecule has 7 atom stereocenters. The number of ether oxygens (including phenoxy) is 2. The summed E-state index contributed by atoms with van der Waals surface area (Å²) in [5, 5.41) is 0. The molecule has 0 amide bonds. The van der Waals surface area contributed by atoms with Crippen molar-refractivity contribution in [1.29, 1.82) is 0 Å². The zero-order valence-corrected chi connectivity index (χ0v) is 16.2. The quantitative estimate of drug-likeness (QED) is 0.410. The molecule has 5 heteroatoms. The number of carbonyl (C=O) groups is 3. The lowest BCUT2D eigenvalue weighted by atomic mass is 9.62. The Labute approximate surface area is 165 Å². The Balaban J connectivity index is 1.47. The maximum absolute atomic E-state index is 12.9. The van der Waals surface area contributed by atoms with Gasteiger partial charge in [0.2, 0.25) is 0 Å². The molecule has 1 aromatic rings. The Bertz CT molecular complexity index is 798. The molecule has 1 aromatic carbocycles. The van der Waals surface area contributed by atoms with E-state index in [-0.39, 0.29) is 36.3 Å². The van der Waals surface area contributed by atoms with Gasteiger partial charge in [-0.25, -0.2) is 0 Å².